The van der Waals surface area contributed by atoms with Gasteiger partial charge < -0.3 is 9.47 Å². The van der Waals surface area contributed by atoms with Crippen LogP contribution in [0.4, 0.5) is 4.79 Å². The van der Waals surface area contributed by atoms with Crippen LogP contribution in [-0.2, 0) is 24.5 Å². The Morgan fingerprint density at radius 3 is 2.00 bits per heavy atom. The molecule has 1 amide bonds. The first-order chi connectivity index (χ1) is 8.88. The first kappa shape index (κ1) is 18.7. The maximum Gasteiger partial charge on any atom is 0.421 e. The molecule has 0 aliphatic carbocycles. The fourth-order valence-corrected chi connectivity index (χ4v) is 2.23. The van der Waals surface area contributed by atoms with Gasteiger partial charge in [0.25, 0.3) is 0 Å². The predicted octanol–water partition coefficient (Wildman–Crippen LogP) is 0.543. The summed E-state index contributed by atoms with van der Waals surface area (Å²) in [6.07, 6.45) is -1.15. The van der Waals surface area contributed by atoms with Crippen molar-refractivity contribution in [2.45, 2.75) is 46.3 Å². The van der Waals surface area contributed by atoms with E-state index < -0.39 is 33.9 Å². The number of hydrogen-bond acceptors (Lipinski definition) is 6. The van der Waals surface area contributed by atoms with E-state index in [-0.39, 0.29) is 5.92 Å². The van der Waals surface area contributed by atoms with Crippen LogP contribution in [0.15, 0.2) is 0 Å². The van der Waals surface area contributed by atoms with Crippen molar-refractivity contribution < 1.29 is 27.5 Å². The molecular weight excluding hydrogens is 288 g/mol. The smallest absolute Gasteiger partial charge is 0.421 e. The van der Waals surface area contributed by atoms with Crippen LogP contribution in [0.2, 0.25) is 0 Å². The van der Waals surface area contributed by atoms with Crippen LogP contribution in [0.5, 0.6) is 0 Å². The number of rotatable bonds is 5. The Labute approximate surface area is 119 Å². The molecule has 1 atom stereocenters. The average molecular weight is 310 g/mol. The van der Waals surface area contributed by atoms with Crippen LogP contribution in [0.3, 0.4) is 0 Å². The Bertz CT molecular complexity index is 452. The summed E-state index contributed by atoms with van der Waals surface area (Å²) in [4.78, 5) is 22.8. The van der Waals surface area contributed by atoms with E-state index in [1.807, 2.05) is 0 Å². The summed E-state index contributed by atoms with van der Waals surface area (Å²) >= 11 is 0. The molecule has 0 aliphatic heterocycles. The van der Waals surface area contributed by atoms with Crippen molar-refractivity contribution in [3.05, 3.63) is 0 Å². The van der Waals surface area contributed by atoms with E-state index in [1.165, 1.54) is 0 Å². The van der Waals surface area contributed by atoms with Gasteiger partial charge in [-0.2, -0.15) is 13.1 Å². The summed E-state index contributed by atoms with van der Waals surface area (Å²) in [5.74, 6) is -1.08. The predicted molar refractivity (Wildman–Crippen MR) is 72.1 cm³/mol. The fraction of sp³-hybridized carbons (Fsp3) is 0.818. The molecule has 0 saturated carbocycles. The summed E-state index contributed by atoms with van der Waals surface area (Å²) in [7, 11) is -3.19. The number of methoxy groups -OCH3 is 1. The van der Waals surface area contributed by atoms with Gasteiger partial charge >= 0.3 is 22.3 Å². The number of esters is 1. The Morgan fingerprint density at radius 1 is 1.15 bits per heavy atom. The van der Waals surface area contributed by atoms with Gasteiger partial charge in [-0.15, -0.1) is 0 Å². The number of nitrogens with one attached hydrogen (secondary N) is 2. The third-order valence-corrected chi connectivity index (χ3v) is 3.01. The Balaban J connectivity index is 4.96. The highest BCUT2D eigenvalue weighted by molar-refractivity contribution is 7.88. The van der Waals surface area contributed by atoms with Crippen molar-refractivity contribution in [1.29, 1.82) is 0 Å². The molecule has 0 aromatic rings. The summed E-state index contributed by atoms with van der Waals surface area (Å²) < 4.78 is 36.3. The normalized spacial score (nSPS) is 13.8. The molecule has 0 spiro atoms. The highest BCUT2D eigenvalue weighted by Gasteiger charge is 2.32. The van der Waals surface area contributed by atoms with E-state index in [2.05, 4.69) is 9.46 Å². The second kappa shape index (κ2) is 6.89. The van der Waals surface area contributed by atoms with Gasteiger partial charge in [0.1, 0.15) is 11.6 Å². The van der Waals surface area contributed by atoms with Gasteiger partial charge in [-0.1, -0.05) is 13.8 Å². The number of carbonyl (C=O) groups excluding carboxylic acids is 2. The molecule has 0 unspecified atom stereocenters. The lowest BCUT2D eigenvalue weighted by atomic mass is 10.1. The van der Waals surface area contributed by atoms with Crippen molar-refractivity contribution in [1.82, 2.24) is 9.44 Å². The Kier molecular flexibility index (Phi) is 6.42. The zero-order chi connectivity index (χ0) is 16.1. The monoisotopic (exact) mass is 310 g/mol. The van der Waals surface area contributed by atoms with Gasteiger partial charge in [-0.3, -0.25) is 4.79 Å². The third-order valence-electron chi connectivity index (χ3n) is 2.01. The van der Waals surface area contributed by atoms with Gasteiger partial charge in [0.05, 0.1) is 7.11 Å². The summed E-state index contributed by atoms with van der Waals surface area (Å²) in [5.41, 5.74) is -0.745. The maximum absolute atomic E-state index is 11.9. The molecule has 0 radical (unpaired) electrons. The minimum absolute atomic E-state index is 0.362. The van der Waals surface area contributed by atoms with Crippen LogP contribution in [-0.4, -0.2) is 39.2 Å². The highest BCUT2D eigenvalue weighted by Crippen LogP contribution is 2.12. The molecule has 0 rings (SSSR count). The minimum Gasteiger partial charge on any atom is -0.459 e. The Hall–Kier alpha value is -1.35. The quantitative estimate of drug-likeness (QED) is 0.717. The minimum atomic E-state index is -4.21. The maximum atomic E-state index is 11.9. The first-order valence-corrected chi connectivity index (χ1v) is 7.47. The van der Waals surface area contributed by atoms with E-state index >= 15 is 0 Å². The first-order valence-electron chi connectivity index (χ1n) is 5.99. The summed E-state index contributed by atoms with van der Waals surface area (Å²) in [6.45, 7) is 8.31. The molecule has 0 heterocycles. The molecule has 9 heteroatoms. The number of ether oxygens (including phenoxy) is 2. The molecule has 0 aromatic carbocycles. The SMILES string of the molecule is COC(=O)NS(=O)(=O)N[C@@H](C(=O)OC(C)(C)C)C(C)C. The lowest BCUT2D eigenvalue weighted by molar-refractivity contribution is -0.158. The van der Waals surface area contributed by atoms with Gasteiger partial charge in [-0.25, -0.2) is 9.52 Å². The molecular formula is C11H22N2O6S. The second-order valence-corrected chi connectivity index (χ2v) is 6.92. The molecule has 20 heavy (non-hydrogen) atoms. The van der Waals surface area contributed by atoms with E-state index in [9.17, 15) is 18.0 Å². The van der Waals surface area contributed by atoms with E-state index in [0.29, 0.717) is 0 Å². The van der Waals surface area contributed by atoms with E-state index in [0.717, 1.165) is 7.11 Å². The molecule has 0 aliphatic rings. The van der Waals surface area contributed by atoms with E-state index in [4.69, 9.17) is 4.74 Å². The zero-order valence-electron chi connectivity index (χ0n) is 12.5. The lowest BCUT2D eigenvalue weighted by Crippen LogP contribution is -2.51. The number of carbonyl (C=O) groups is 2. The molecule has 0 saturated heterocycles. The lowest BCUT2D eigenvalue weighted by Gasteiger charge is -2.26. The third kappa shape index (κ3) is 7.29. The molecule has 118 valence electrons. The zero-order valence-corrected chi connectivity index (χ0v) is 13.3. The second-order valence-electron chi connectivity index (χ2n) is 5.47. The van der Waals surface area contributed by atoms with Crippen LogP contribution >= 0.6 is 0 Å². The van der Waals surface area contributed by atoms with Crippen molar-refractivity contribution in [2.24, 2.45) is 5.92 Å². The van der Waals surface area contributed by atoms with Crippen LogP contribution in [0.1, 0.15) is 34.6 Å². The van der Waals surface area contributed by atoms with Gasteiger partial charge in [-0.05, 0) is 26.7 Å². The standard InChI is InChI=1S/C11H22N2O6S/c1-7(2)8(9(14)19-11(3,4)5)12-20(16,17)13-10(15)18-6/h7-8,12H,1-6H3,(H,13,15)/t8-/m1/s1. The van der Waals surface area contributed by atoms with Crippen LogP contribution in [0, 0.1) is 5.92 Å². The summed E-state index contributed by atoms with van der Waals surface area (Å²) in [6, 6.07) is -1.11. The van der Waals surface area contributed by atoms with Gasteiger partial charge in [0, 0.05) is 0 Å². The van der Waals surface area contributed by atoms with Gasteiger partial charge in [0.15, 0.2) is 0 Å². The molecule has 8 nitrogen and oxygen atoms in total. The number of amides is 1. The fourth-order valence-electron chi connectivity index (χ4n) is 1.17. The summed E-state index contributed by atoms with van der Waals surface area (Å²) in [5, 5.41) is 0. The Morgan fingerprint density at radius 2 is 1.65 bits per heavy atom. The largest absolute Gasteiger partial charge is 0.459 e. The number of hydrogen-bond donors (Lipinski definition) is 2. The molecule has 0 fully saturated rings. The van der Waals surface area contributed by atoms with Crippen molar-refractivity contribution in [3.63, 3.8) is 0 Å². The van der Waals surface area contributed by atoms with Crippen molar-refractivity contribution in [2.75, 3.05) is 7.11 Å². The van der Waals surface area contributed by atoms with Crippen molar-refractivity contribution >= 4 is 22.3 Å². The van der Waals surface area contributed by atoms with Crippen LogP contribution < -0.4 is 9.44 Å². The average Bonchev–Trinajstić information content (AvgIpc) is 2.22. The van der Waals surface area contributed by atoms with E-state index in [1.54, 1.807) is 39.3 Å². The van der Waals surface area contributed by atoms with Crippen LogP contribution in [0.25, 0.3) is 0 Å². The molecule has 0 aromatic heterocycles. The molecule has 0 bridgehead atoms. The highest BCUT2D eigenvalue weighted by atomic mass is 32.2. The van der Waals surface area contributed by atoms with Gasteiger partial charge in [0.2, 0.25) is 0 Å². The topological polar surface area (TPSA) is 111 Å². The molecule has 2 N–H and O–H groups in total. The van der Waals surface area contributed by atoms with Crippen molar-refractivity contribution in [3.8, 4) is 0 Å².